The molecule has 1 atom stereocenters. The third-order valence-corrected chi connectivity index (χ3v) is 2.33. The summed E-state index contributed by atoms with van der Waals surface area (Å²) in [6.07, 6.45) is 1.88. The van der Waals surface area contributed by atoms with Crippen LogP contribution in [0.1, 0.15) is 25.6 Å². The molecule has 0 fully saturated rings. The monoisotopic (exact) mass is 183 g/mol. The van der Waals surface area contributed by atoms with E-state index in [0.29, 0.717) is 0 Å². The molecule has 1 aromatic rings. The standard InChI is InChI=1S/C9H17N3O/c1-9(2,13-4)8(10)7-5-6-12(3)11-7/h5-6,8H,10H2,1-4H3. The Morgan fingerprint density at radius 2 is 2.23 bits per heavy atom. The van der Waals surface area contributed by atoms with Gasteiger partial charge in [0.1, 0.15) is 0 Å². The molecule has 0 aliphatic carbocycles. The van der Waals surface area contributed by atoms with Crippen LogP contribution in [0.15, 0.2) is 12.3 Å². The second-order valence-corrected chi connectivity index (χ2v) is 3.70. The first-order chi connectivity index (χ1) is 5.97. The summed E-state index contributed by atoms with van der Waals surface area (Å²) in [5.74, 6) is 0. The average Bonchev–Trinajstić information content (AvgIpc) is 2.50. The van der Waals surface area contributed by atoms with Crippen LogP contribution in [-0.2, 0) is 11.8 Å². The first kappa shape index (κ1) is 10.2. The highest BCUT2D eigenvalue weighted by Crippen LogP contribution is 2.24. The normalized spacial score (nSPS) is 14.5. The Hall–Kier alpha value is -0.870. The van der Waals surface area contributed by atoms with Gasteiger partial charge in [0.05, 0.1) is 17.3 Å². The fraction of sp³-hybridized carbons (Fsp3) is 0.667. The minimum absolute atomic E-state index is 0.196. The maximum Gasteiger partial charge on any atom is 0.0830 e. The number of methoxy groups -OCH3 is 1. The quantitative estimate of drug-likeness (QED) is 0.755. The van der Waals surface area contributed by atoms with Crippen LogP contribution < -0.4 is 5.73 Å². The van der Waals surface area contributed by atoms with Crippen molar-refractivity contribution in [2.24, 2.45) is 12.8 Å². The molecule has 4 heteroatoms. The van der Waals surface area contributed by atoms with Gasteiger partial charge < -0.3 is 10.5 Å². The van der Waals surface area contributed by atoms with Crippen LogP contribution in [-0.4, -0.2) is 22.5 Å². The van der Waals surface area contributed by atoms with E-state index in [9.17, 15) is 0 Å². The van der Waals surface area contributed by atoms with E-state index in [1.807, 2.05) is 33.2 Å². The number of hydrogen-bond donors (Lipinski definition) is 1. The fourth-order valence-electron chi connectivity index (χ4n) is 1.08. The smallest absolute Gasteiger partial charge is 0.0830 e. The van der Waals surface area contributed by atoms with E-state index in [1.54, 1.807) is 11.8 Å². The van der Waals surface area contributed by atoms with Gasteiger partial charge in [0, 0.05) is 20.4 Å². The largest absolute Gasteiger partial charge is 0.377 e. The minimum Gasteiger partial charge on any atom is -0.377 e. The van der Waals surface area contributed by atoms with Crippen molar-refractivity contribution in [3.8, 4) is 0 Å². The van der Waals surface area contributed by atoms with E-state index in [1.165, 1.54) is 0 Å². The van der Waals surface area contributed by atoms with Gasteiger partial charge in [-0.25, -0.2) is 0 Å². The zero-order valence-corrected chi connectivity index (χ0v) is 8.61. The molecule has 4 nitrogen and oxygen atoms in total. The lowest BCUT2D eigenvalue weighted by Gasteiger charge is -2.28. The molecule has 0 bridgehead atoms. The summed E-state index contributed by atoms with van der Waals surface area (Å²) in [5.41, 5.74) is 6.47. The molecule has 13 heavy (non-hydrogen) atoms. The molecule has 1 unspecified atom stereocenters. The van der Waals surface area contributed by atoms with Gasteiger partial charge in [-0.1, -0.05) is 0 Å². The molecule has 0 aliphatic rings. The Morgan fingerprint density at radius 1 is 1.62 bits per heavy atom. The van der Waals surface area contributed by atoms with E-state index in [0.717, 1.165) is 5.69 Å². The van der Waals surface area contributed by atoms with Crippen molar-refractivity contribution in [2.75, 3.05) is 7.11 Å². The van der Waals surface area contributed by atoms with Crippen molar-refractivity contribution in [1.82, 2.24) is 9.78 Å². The third kappa shape index (κ3) is 2.08. The highest BCUT2D eigenvalue weighted by molar-refractivity contribution is 5.09. The Bertz CT molecular complexity index is 280. The second kappa shape index (κ2) is 3.47. The first-order valence-corrected chi connectivity index (χ1v) is 4.27. The van der Waals surface area contributed by atoms with Crippen LogP contribution in [0.4, 0.5) is 0 Å². The van der Waals surface area contributed by atoms with Crippen LogP contribution in [0.3, 0.4) is 0 Å². The molecule has 1 heterocycles. The SMILES string of the molecule is COC(C)(C)C(N)c1ccn(C)n1. The molecule has 0 aromatic carbocycles. The summed E-state index contributed by atoms with van der Waals surface area (Å²) < 4.78 is 7.03. The zero-order chi connectivity index (χ0) is 10.1. The summed E-state index contributed by atoms with van der Waals surface area (Å²) >= 11 is 0. The molecular formula is C9H17N3O. The van der Waals surface area contributed by atoms with Crippen molar-refractivity contribution in [3.05, 3.63) is 18.0 Å². The molecular weight excluding hydrogens is 166 g/mol. The van der Waals surface area contributed by atoms with E-state index < -0.39 is 0 Å². The molecule has 2 N–H and O–H groups in total. The number of ether oxygens (including phenoxy) is 1. The van der Waals surface area contributed by atoms with Crippen molar-refractivity contribution in [1.29, 1.82) is 0 Å². The molecule has 0 saturated carbocycles. The Balaban J connectivity index is 2.84. The van der Waals surface area contributed by atoms with Gasteiger partial charge >= 0.3 is 0 Å². The van der Waals surface area contributed by atoms with Gasteiger partial charge in [-0.3, -0.25) is 4.68 Å². The van der Waals surface area contributed by atoms with Crippen LogP contribution in [0.5, 0.6) is 0 Å². The van der Waals surface area contributed by atoms with Gasteiger partial charge in [-0.15, -0.1) is 0 Å². The summed E-state index contributed by atoms with van der Waals surface area (Å²) in [6, 6.07) is 1.71. The molecule has 0 radical (unpaired) electrons. The molecule has 74 valence electrons. The average molecular weight is 183 g/mol. The van der Waals surface area contributed by atoms with Crippen molar-refractivity contribution in [3.63, 3.8) is 0 Å². The van der Waals surface area contributed by atoms with Crippen LogP contribution >= 0.6 is 0 Å². The molecule has 0 spiro atoms. The van der Waals surface area contributed by atoms with Gasteiger partial charge in [-0.05, 0) is 19.9 Å². The summed E-state index contributed by atoms with van der Waals surface area (Å²) in [4.78, 5) is 0. The van der Waals surface area contributed by atoms with Gasteiger partial charge in [0.15, 0.2) is 0 Å². The highest BCUT2D eigenvalue weighted by Gasteiger charge is 2.28. The van der Waals surface area contributed by atoms with Crippen LogP contribution in [0, 0.1) is 0 Å². The predicted molar refractivity (Wildman–Crippen MR) is 51.2 cm³/mol. The predicted octanol–water partition coefficient (Wildman–Crippen LogP) is 0.845. The lowest BCUT2D eigenvalue weighted by molar-refractivity contribution is -0.00120. The second-order valence-electron chi connectivity index (χ2n) is 3.70. The third-order valence-electron chi connectivity index (χ3n) is 2.33. The lowest BCUT2D eigenvalue weighted by Crippen LogP contribution is -2.37. The summed E-state index contributed by atoms with van der Waals surface area (Å²) in [6.45, 7) is 3.90. The number of nitrogens with two attached hydrogens (primary N) is 1. The topological polar surface area (TPSA) is 53.1 Å². The van der Waals surface area contributed by atoms with Crippen molar-refractivity contribution < 1.29 is 4.74 Å². The number of hydrogen-bond acceptors (Lipinski definition) is 3. The van der Waals surface area contributed by atoms with Crippen LogP contribution in [0.25, 0.3) is 0 Å². The molecule has 1 rings (SSSR count). The molecule has 1 aromatic heterocycles. The molecule has 0 amide bonds. The van der Waals surface area contributed by atoms with Gasteiger partial charge in [0.25, 0.3) is 0 Å². The zero-order valence-electron chi connectivity index (χ0n) is 8.61. The summed E-state index contributed by atoms with van der Waals surface area (Å²) in [7, 11) is 3.53. The lowest BCUT2D eigenvalue weighted by atomic mass is 9.97. The van der Waals surface area contributed by atoms with E-state index in [-0.39, 0.29) is 11.6 Å². The van der Waals surface area contributed by atoms with E-state index >= 15 is 0 Å². The molecule has 0 saturated heterocycles. The fourth-order valence-corrected chi connectivity index (χ4v) is 1.08. The van der Waals surface area contributed by atoms with Crippen molar-refractivity contribution >= 4 is 0 Å². The maximum atomic E-state index is 6.00. The highest BCUT2D eigenvalue weighted by atomic mass is 16.5. The van der Waals surface area contributed by atoms with E-state index in [2.05, 4.69) is 5.10 Å². The van der Waals surface area contributed by atoms with Crippen molar-refractivity contribution in [2.45, 2.75) is 25.5 Å². The van der Waals surface area contributed by atoms with Crippen LogP contribution in [0.2, 0.25) is 0 Å². The Morgan fingerprint density at radius 3 is 2.62 bits per heavy atom. The number of rotatable bonds is 3. The Labute approximate surface area is 78.7 Å². The number of aromatic nitrogens is 2. The van der Waals surface area contributed by atoms with E-state index in [4.69, 9.17) is 10.5 Å². The number of nitrogens with zero attached hydrogens (tertiary/aromatic N) is 2. The molecule has 0 aliphatic heterocycles. The maximum absolute atomic E-state index is 6.00. The summed E-state index contributed by atoms with van der Waals surface area (Å²) in [5, 5.41) is 4.24. The van der Waals surface area contributed by atoms with Gasteiger partial charge in [-0.2, -0.15) is 5.10 Å². The van der Waals surface area contributed by atoms with Gasteiger partial charge in [0.2, 0.25) is 0 Å². The number of aryl methyl sites for hydroxylation is 1. The first-order valence-electron chi connectivity index (χ1n) is 4.27. The minimum atomic E-state index is -0.381. The Kier molecular flexibility index (Phi) is 2.73.